The summed E-state index contributed by atoms with van der Waals surface area (Å²) in [6.45, 7) is 8.15. The molecule has 6 nitrogen and oxygen atoms in total. The zero-order chi connectivity index (χ0) is 21.5. The Balaban J connectivity index is 1.67. The van der Waals surface area contributed by atoms with Gasteiger partial charge in [0.15, 0.2) is 0 Å². The SMILES string of the molecule is CCN(CC)C(=O)Cn1c(CCCNC(=O)c2ccccc2C)nc2ccccc21. The summed E-state index contributed by atoms with van der Waals surface area (Å²) in [4.78, 5) is 31.7. The molecule has 0 aliphatic rings. The third-order valence-electron chi connectivity index (χ3n) is 5.40. The Morgan fingerprint density at radius 2 is 1.73 bits per heavy atom. The number of imidazole rings is 1. The van der Waals surface area contributed by atoms with E-state index < -0.39 is 0 Å². The molecular weight excluding hydrogens is 376 g/mol. The van der Waals surface area contributed by atoms with Crippen molar-refractivity contribution in [2.75, 3.05) is 19.6 Å². The van der Waals surface area contributed by atoms with Crippen LogP contribution in [0.25, 0.3) is 11.0 Å². The number of fused-ring (bicyclic) bond motifs is 1. The molecule has 30 heavy (non-hydrogen) atoms. The monoisotopic (exact) mass is 406 g/mol. The van der Waals surface area contributed by atoms with E-state index in [-0.39, 0.29) is 18.4 Å². The lowest BCUT2D eigenvalue weighted by Gasteiger charge is -2.20. The first-order valence-corrected chi connectivity index (χ1v) is 10.6. The highest BCUT2D eigenvalue weighted by atomic mass is 16.2. The van der Waals surface area contributed by atoms with Crippen LogP contribution in [0.4, 0.5) is 0 Å². The molecule has 1 heterocycles. The van der Waals surface area contributed by atoms with Crippen molar-refractivity contribution in [3.8, 4) is 0 Å². The minimum absolute atomic E-state index is 0.0571. The van der Waals surface area contributed by atoms with E-state index in [9.17, 15) is 9.59 Å². The van der Waals surface area contributed by atoms with Gasteiger partial charge in [-0.05, 0) is 51.0 Å². The average molecular weight is 407 g/mol. The summed E-state index contributed by atoms with van der Waals surface area (Å²) < 4.78 is 2.01. The Morgan fingerprint density at radius 3 is 2.47 bits per heavy atom. The molecule has 1 N–H and O–H groups in total. The van der Waals surface area contributed by atoms with Crippen molar-refractivity contribution in [2.24, 2.45) is 0 Å². The van der Waals surface area contributed by atoms with E-state index in [0.29, 0.717) is 31.6 Å². The highest BCUT2D eigenvalue weighted by Crippen LogP contribution is 2.17. The maximum Gasteiger partial charge on any atom is 0.251 e. The molecule has 0 aliphatic carbocycles. The largest absolute Gasteiger partial charge is 0.352 e. The molecule has 0 unspecified atom stereocenters. The van der Waals surface area contributed by atoms with Gasteiger partial charge in [-0.2, -0.15) is 0 Å². The molecule has 2 aromatic carbocycles. The predicted molar refractivity (Wildman–Crippen MR) is 119 cm³/mol. The van der Waals surface area contributed by atoms with Crippen molar-refractivity contribution < 1.29 is 9.59 Å². The Bertz CT molecular complexity index is 1020. The lowest BCUT2D eigenvalue weighted by molar-refractivity contribution is -0.131. The van der Waals surface area contributed by atoms with Gasteiger partial charge in [-0.3, -0.25) is 9.59 Å². The van der Waals surface area contributed by atoms with Crippen LogP contribution in [0.2, 0.25) is 0 Å². The van der Waals surface area contributed by atoms with Gasteiger partial charge >= 0.3 is 0 Å². The normalized spacial score (nSPS) is 10.9. The number of carbonyl (C=O) groups is 2. The Morgan fingerprint density at radius 1 is 1.03 bits per heavy atom. The Hall–Kier alpha value is -3.15. The molecule has 0 saturated carbocycles. The van der Waals surface area contributed by atoms with Gasteiger partial charge in [-0.25, -0.2) is 4.98 Å². The van der Waals surface area contributed by atoms with E-state index in [4.69, 9.17) is 4.98 Å². The van der Waals surface area contributed by atoms with Gasteiger partial charge in [0.1, 0.15) is 12.4 Å². The topological polar surface area (TPSA) is 67.2 Å². The number of aromatic nitrogens is 2. The molecule has 6 heteroatoms. The molecule has 3 rings (SSSR count). The fourth-order valence-corrected chi connectivity index (χ4v) is 3.68. The summed E-state index contributed by atoms with van der Waals surface area (Å²) in [6.07, 6.45) is 1.44. The Labute approximate surface area is 177 Å². The first-order valence-electron chi connectivity index (χ1n) is 10.6. The van der Waals surface area contributed by atoms with Crippen molar-refractivity contribution in [3.63, 3.8) is 0 Å². The molecular formula is C24H30N4O2. The second kappa shape index (κ2) is 10.1. The van der Waals surface area contributed by atoms with Gasteiger partial charge in [0.05, 0.1) is 11.0 Å². The van der Waals surface area contributed by atoms with Crippen LogP contribution in [-0.2, 0) is 17.8 Å². The van der Waals surface area contributed by atoms with Gasteiger partial charge in [0.25, 0.3) is 5.91 Å². The molecule has 3 aromatic rings. The fourth-order valence-electron chi connectivity index (χ4n) is 3.68. The number of benzene rings is 2. The maximum absolute atomic E-state index is 12.7. The van der Waals surface area contributed by atoms with E-state index in [1.165, 1.54) is 0 Å². The zero-order valence-corrected chi connectivity index (χ0v) is 18.0. The summed E-state index contributed by atoms with van der Waals surface area (Å²) in [7, 11) is 0. The van der Waals surface area contributed by atoms with E-state index in [1.54, 1.807) is 0 Å². The van der Waals surface area contributed by atoms with E-state index in [2.05, 4.69) is 5.32 Å². The van der Waals surface area contributed by atoms with Crippen molar-refractivity contribution in [1.82, 2.24) is 19.8 Å². The van der Waals surface area contributed by atoms with Gasteiger partial charge in [-0.1, -0.05) is 30.3 Å². The number of likely N-dealkylation sites (N-methyl/N-ethyl adjacent to an activating group) is 1. The number of nitrogens with one attached hydrogen (secondary N) is 1. The van der Waals surface area contributed by atoms with Gasteiger partial charge in [0.2, 0.25) is 5.91 Å². The lowest BCUT2D eigenvalue weighted by Crippen LogP contribution is -2.33. The number of rotatable bonds is 9. The second-order valence-electron chi connectivity index (χ2n) is 7.34. The molecule has 0 fully saturated rings. The summed E-state index contributed by atoms with van der Waals surface area (Å²) in [6, 6.07) is 15.5. The standard InChI is InChI=1S/C24H30N4O2/c1-4-27(5-2)23(29)17-28-21-14-9-8-13-20(21)26-22(28)15-10-16-25-24(30)19-12-7-6-11-18(19)3/h6-9,11-14H,4-5,10,15-17H2,1-3H3,(H,25,30). The van der Waals surface area contributed by atoms with Gasteiger partial charge < -0.3 is 14.8 Å². The third kappa shape index (κ3) is 4.87. The smallest absolute Gasteiger partial charge is 0.251 e. The molecule has 0 bridgehead atoms. The molecule has 0 saturated heterocycles. The van der Waals surface area contributed by atoms with Crippen molar-refractivity contribution in [2.45, 2.75) is 40.2 Å². The quantitative estimate of drug-likeness (QED) is 0.553. The van der Waals surface area contributed by atoms with E-state index in [1.807, 2.05) is 78.8 Å². The first kappa shape index (κ1) is 21.6. The molecule has 0 radical (unpaired) electrons. The molecule has 0 spiro atoms. The minimum atomic E-state index is -0.0571. The van der Waals surface area contributed by atoms with Crippen molar-refractivity contribution in [3.05, 3.63) is 65.5 Å². The van der Waals surface area contributed by atoms with Crippen LogP contribution in [0.5, 0.6) is 0 Å². The van der Waals surface area contributed by atoms with Crippen LogP contribution >= 0.6 is 0 Å². The number of hydrogen-bond acceptors (Lipinski definition) is 3. The molecule has 0 aliphatic heterocycles. The van der Waals surface area contributed by atoms with Gasteiger partial charge in [-0.15, -0.1) is 0 Å². The number of para-hydroxylation sites is 2. The molecule has 158 valence electrons. The van der Waals surface area contributed by atoms with Gasteiger partial charge in [0, 0.05) is 31.6 Å². The molecule has 0 atom stereocenters. The summed E-state index contributed by atoms with van der Waals surface area (Å²) in [5.74, 6) is 0.914. The number of amides is 2. The first-order chi connectivity index (χ1) is 14.5. The van der Waals surface area contributed by atoms with Crippen LogP contribution in [0.15, 0.2) is 48.5 Å². The van der Waals surface area contributed by atoms with E-state index >= 15 is 0 Å². The number of nitrogens with zero attached hydrogens (tertiary/aromatic N) is 3. The summed E-state index contributed by atoms with van der Waals surface area (Å²) in [5.41, 5.74) is 3.53. The molecule has 2 amide bonds. The van der Waals surface area contributed by atoms with Crippen LogP contribution < -0.4 is 5.32 Å². The van der Waals surface area contributed by atoms with Crippen LogP contribution in [0, 0.1) is 6.92 Å². The number of hydrogen-bond donors (Lipinski definition) is 1. The van der Waals surface area contributed by atoms with Crippen molar-refractivity contribution in [1.29, 1.82) is 0 Å². The summed E-state index contributed by atoms with van der Waals surface area (Å²) >= 11 is 0. The predicted octanol–water partition coefficient (Wildman–Crippen LogP) is 3.58. The zero-order valence-electron chi connectivity index (χ0n) is 18.0. The Kier molecular flexibility index (Phi) is 7.22. The maximum atomic E-state index is 12.7. The summed E-state index contributed by atoms with van der Waals surface area (Å²) in [5, 5.41) is 2.99. The molecule has 1 aromatic heterocycles. The fraction of sp³-hybridized carbons (Fsp3) is 0.375. The van der Waals surface area contributed by atoms with Crippen molar-refractivity contribution >= 4 is 22.8 Å². The number of aryl methyl sites for hydroxylation is 2. The minimum Gasteiger partial charge on any atom is -0.352 e. The highest BCUT2D eigenvalue weighted by molar-refractivity contribution is 5.95. The van der Waals surface area contributed by atoms with Crippen LogP contribution in [0.1, 0.15) is 42.0 Å². The highest BCUT2D eigenvalue weighted by Gasteiger charge is 2.16. The van der Waals surface area contributed by atoms with E-state index in [0.717, 1.165) is 28.8 Å². The second-order valence-corrected chi connectivity index (χ2v) is 7.34. The number of carbonyl (C=O) groups excluding carboxylic acids is 2. The van der Waals surface area contributed by atoms with Crippen LogP contribution in [-0.4, -0.2) is 45.9 Å². The average Bonchev–Trinajstić information content (AvgIpc) is 3.09. The van der Waals surface area contributed by atoms with Crippen LogP contribution in [0.3, 0.4) is 0 Å². The lowest BCUT2D eigenvalue weighted by atomic mass is 10.1. The third-order valence-corrected chi connectivity index (χ3v) is 5.40.